The molecule has 0 aliphatic rings. The maximum absolute atomic E-state index is 6.15. The summed E-state index contributed by atoms with van der Waals surface area (Å²) in [5.74, 6) is 0.916. The zero-order chi connectivity index (χ0) is 13.5. The molecule has 1 aromatic rings. The lowest BCUT2D eigenvalue weighted by Crippen LogP contribution is -2.31. The van der Waals surface area contributed by atoms with Crippen molar-refractivity contribution in [2.45, 2.75) is 46.6 Å². The second kappa shape index (κ2) is 7.65. The van der Waals surface area contributed by atoms with Gasteiger partial charge in [0.05, 0.1) is 0 Å². The summed E-state index contributed by atoms with van der Waals surface area (Å²) < 4.78 is 6.01. The largest absolute Gasteiger partial charge is 0.489 e. The highest BCUT2D eigenvalue weighted by molar-refractivity contribution is 6.32. The third-order valence-corrected chi connectivity index (χ3v) is 3.56. The molecular weight excluding hydrogens is 246 g/mol. The molecule has 0 heterocycles. The molecule has 1 aromatic carbocycles. The topological polar surface area (TPSA) is 21.3 Å². The Morgan fingerprint density at radius 3 is 2.33 bits per heavy atom. The average Bonchev–Trinajstić information content (AvgIpc) is 2.34. The molecule has 102 valence electrons. The summed E-state index contributed by atoms with van der Waals surface area (Å²) in [5, 5.41) is 4.23. The van der Waals surface area contributed by atoms with E-state index in [2.05, 4.69) is 19.2 Å². The first-order valence-corrected chi connectivity index (χ1v) is 7.10. The highest BCUT2D eigenvalue weighted by atomic mass is 35.5. The summed E-state index contributed by atoms with van der Waals surface area (Å²) >= 11 is 6.15. The fourth-order valence-corrected chi connectivity index (χ4v) is 1.98. The van der Waals surface area contributed by atoms with E-state index in [0.29, 0.717) is 0 Å². The van der Waals surface area contributed by atoms with Gasteiger partial charge in [-0.1, -0.05) is 25.4 Å². The predicted molar refractivity (Wildman–Crippen MR) is 78.8 cm³/mol. The maximum atomic E-state index is 6.15. The molecule has 1 atom stereocenters. The third kappa shape index (κ3) is 4.51. The smallest absolute Gasteiger partial charge is 0.120 e. The maximum Gasteiger partial charge on any atom is 0.120 e. The summed E-state index contributed by atoms with van der Waals surface area (Å²) in [5.41, 5.74) is 2.14. The Balaban J connectivity index is 2.64. The molecule has 0 spiro atoms. The molecule has 0 aromatic heterocycles. The lowest BCUT2D eigenvalue weighted by Gasteiger charge is -2.19. The van der Waals surface area contributed by atoms with Crippen LogP contribution >= 0.6 is 11.6 Å². The van der Waals surface area contributed by atoms with Crippen LogP contribution in [0.3, 0.4) is 0 Å². The van der Waals surface area contributed by atoms with Gasteiger partial charge < -0.3 is 10.1 Å². The van der Waals surface area contributed by atoms with Crippen LogP contribution in [0.4, 0.5) is 0 Å². The number of nitrogens with one attached hydrogen (secondary N) is 1. The molecule has 0 aliphatic carbocycles. The summed E-state index contributed by atoms with van der Waals surface area (Å²) in [4.78, 5) is 0. The lowest BCUT2D eigenvalue weighted by molar-refractivity contribution is 0.193. The van der Waals surface area contributed by atoms with E-state index in [1.165, 1.54) is 0 Å². The number of rotatable bonds is 7. The second-order valence-electron chi connectivity index (χ2n) is 4.72. The molecule has 0 aliphatic heterocycles. The molecule has 3 heteroatoms. The monoisotopic (exact) mass is 269 g/mol. The minimum absolute atomic E-state index is 0.219. The molecule has 0 bridgehead atoms. The molecule has 18 heavy (non-hydrogen) atoms. The van der Waals surface area contributed by atoms with Gasteiger partial charge in [-0.25, -0.2) is 0 Å². The van der Waals surface area contributed by atoms with E-state index in [9.17, 15) is 0 Å². The summed E-state index contributed by atoms with van der Waals surface area (Å²) in [6, 6.07) is 4.02. The van der Waals surface area contributed by atoms with Crippen LogP contribution in [0, 0.1) is 13.8 Å². The van der Waals surface area contributed by atoms with Gasteiger partial charge in [-0.05, 0) is 56.5 Å². The summed E-state index contributed by atoms with van der Waals surface area (Å²) in [6.07, 6.45) is 2.36. The van der Waals surface area contributed by atoms with Crippen molar-refractivity contribution < 1.29 is 4.74 Å². The van der Waals surface area contributed by atoms with E-state index in [4.69, 9.17) is 16.3 Å². The summed E-state index contributed by atoms with van der Waals surface area (Å²) in [6.45, 7) is 10.3. The van der Waals surface area contributed by atoms with Gasteiger partial charge >= 0.3 is 0 Å². The van der Waals surface area contributed by atoms with Crippen molar-refractivity contribution in [2.75, 3.05) is 13.1 Å². The Kier molecular flexibility index (Phi) is 6.51. The molecular formula is C15H24ClNO. The van der Waals surface area contributed by atoms with Crippen LogP contribution in [0.5, 0.6) is 5.75 Å². The van der Waals surface area contributed by atoms with Crippen molar-refractivity contribution >= 4 is 11.6 Å². The summed E-state index contributed by atoms with van der Waals surface area (Å²) in [7, 11) is 0. The lowest BCUT2D eigenvalue weighted by atomic mass is 10.1. The van der Waals surface area contributed by atoms with Crippen molar-refractivity contribution in [3.63, 3.8) is 0 Å². The number of hydrogen-bond donors (Lipinski definition) is 1. The van der Waals surface area contributed by atoms with Crippen molar-refractivity contribution in [2.24, 2.45) is 0 Å². The molecule has 2 nitrogen and oxygen atoms in total. The Bertz CT molecular complexity index is 356. The van der Waals surface area contributed by atoms with Crippen LogP contribution in [0.15, 0.2) is 12.1 Å². The van der Waals surface area contributed by atoms with Crippen molar-refractivity contribution in [3.05, 3.63) is 28.3 Å². The van der Waals surface area contributed by atoms with Gasteiger partial charge in [-0.3, -0.25) is 0 Å². The molecule has 0 amide bonds. The number of ether oxygens (including phenoxy) is 1. The zero-order valence-electron chi connectivity index (χ0n) is 11.8. The van der Waals surface area contributed by atoms with Crippen LogP contribution in [0.2, 0.25) is 5.02 Å². The van der Waals surface area contributed by atoms with E-state index in [1.54, 1.807) is 0 Å². The van der Waals surface area contributed by atoms with Crippen LogP contribution in [0.1, 0.15) is 37.8 Å². The van der Waals surface area contributed by atoms with Crippen molar-refractivity contribution in [1.82, 2.24) is 5.32 Å². The van der Waals surface area contributed by atoms with Crippen LogP contribution in [0.25, 0.3) is 0 Å². The van der Waals surface area contributed by atoms with Gasteiger partial charge in [0, 0.05) is 11.6 Å². The van der Waals surface area contributed by atoms with E-state index >= 15 is 0 Å². The third-order valence-electron chi connectivity index (χ3n) is 2.97. The zero-order valence-corrected chi connectivity index (χ0v) is 12.6. The molecule has 0 radical (unpaired) electrons. The molecule has 0 saturated carbocycles. The van der Waals surface area contributed by atoms with Crippen molar-refractivity contribution in [1.29, 1.82) is 0 Å². The fourth-order valence-electron chi connectivity index (χ4n) is 1.88. The van der Waals surface area contributed by atoms with E-state index in [0.717, 1.165) is 47.8 Å². The number of benzene rings is 1. The molecule has 1 N–H and O–H groups in total. The van der Waals surface area contributed by atoms with Crippen LogP contribution < -0.4 is 10.1 Å². The van der Waals surface area contributed by atoms with Crippen LogP contribution in [-0.2, 0) is 0 Å². The minimum atomic E-state index is 0.219. The Morgan fingerprint density at radius 2 is 1.83 bits per heavy atom. The second-order valence-corrected chi connectivity index (χ2v) is 5.10. The average molecular weight is 270 g/mol. The van der Waals surface area contributed by atoms with Gasteiger partial charge in [0.25, 0.3) is 0 Å². The first-order valence-electron chi connectivity index (χ1n) is 6.72. The Labute approximate surface area is 116 Å². The standard InChI is InChI=1S/C15H24ClNO/c1-5-7-17-10-13(6-2)18-14-8-11(3)15(16)12(4)9-14/h8-9,13,17H,5-7,10H2,1-4H3. The molecule has 1 unspecified atom stereocenters. The number of aryl methyl sites for hydroxylation is 2. The van der Waals surface area contributed by atoms with Gasteiger partial charge in [0.2, 0.25) is 0 Å². The molecule has 1 rings (SSSR count). The Morgan fingerprint density at radius 1 is 1.22 bits per heavy atom. The first kappa shape index (κ1) is 15.3. The number of hydrogen-bond acceptors (Lipinski definition) is 2. The highest BCUT2D eigenvalue weighted by Gasteiger charge is 2.09. The highest BCUT2D eigenvalue weighted by Crippen LogP contribution is 2.26. The normalized spacial score (nSPS) is 12.5. The van der Waals surface area contributed by atoms with Gasteiger partial charge in [-0.15, -0.1) is 0 Å². The van der Waals surface area contributed by atoms with Gasteiger partial charge in [-0.2, -0.15) is 0 Å². The van der Waals surface area contributed by atoms with E-state index < -0.39 is 0 Å². The minimum Gasteiger partial charge on any atom is -0.489 e. The van der Waals surface area contributed by atoms with Crippen LogP contribution in [-0.4, -0.2) is 19.2 Å². The Hall–Kier alpha value is -0.730. The van der Waals surface area contributed by atoms with Crippen molar-refractivity contribution in [3.8, 4) is 5.75 Å². The molecule has 0 saturated heterocycles. The quantitative estimate of drug-likeness (QED) is 0.752. The number of halogens is 1. The first-order chi connectivity index (χ1) is 8.58. The molecule has 0 fully saturated rings. The predicted octanol–water partition coefficient (Wildman–Crippen LogP) is 4.11. The fraction of sp³-hybridized carbons (Fsp3) is 0.600. The van der Waals surface area contributed by atoms with E-state index in [-0.39, 0.29) is 6.10 Å². The van der Waals surface area contributed by atoms with E-state index in [1.807, 2.05) is 26.0 Å². The van der Waals surface area contributed by atoms with Gasteiger partial charge in [0.1, 0.15) is 11.9 Å². The SMILES string of the molecule is CCCNCC(CC)Oc1cc(C)c(Cl)c(C)c1. The van der Waals surface area contributed by atoms with Gasteiger partial charge in [0.15, 0.2) is 0 Å².